The van der Waals surface area contributed by atoms with E-state index in [1.165, 1.54) is 23.5 Å². The Hall–Kier alpha value is -2.99. The second-order valence-corrected chi connectivity index (χ2v) is 13.9. The molecule has 2 aliphatic rings. The van der Waals surface area contributed by atoms with Gasteiger partial charge in [-0.15, -0.1) is 10.2 Å². The minimum Gasteiger partial charge on any atom is -0.491 e. The van der Waals surface area contributed by atoms with Gasteiger partial charge in [-0.1, -0.05) is 18.2 Å². The van der Waals surface area contributed by atoms with Crippen LogP contribution in [0.2, 0.25) is 0 Å². The van der Waals surface area contributed by atoms with Gasteiger partial charge in [0.1, 0.15) is 18.5 Å². The van der Waals surface area contributed by atoms with Gasteiger partial charge in [0.25, 0.3) is 0 Å². The van der Waals surface area contributed by atoms with E-state index in [2.05, 4.69) is 30.7 Å². The Balaban J connectivity index is 1.09. The van der Waals surface area contributed by atoms with E-state index in [4.69, 9.17) is 9.47 Å². The van der Waals surface area contributed by atoms with Crippen LogP contribution in [0.5, 0.6) is 5.75 Å². The molecule has 0 bridgehead atoms. The second kappa shape index (κ2) is 12.1. The monoisotopic (exact) mass is 607 g/mol. The Morgan fingerprint density at radius 1 is 1.15 bits per heavy atom. The zero-order chi connectivity index (χ0) is 29.1. The summed E-state index contributed by atoms with van der Waals surface area (Å²) in [5, 5.41) is 27.5. The first kappa shape index (κ1) is 29.5. The molecule has 0 aliphatic carbocycles. The Morgan fingerprint density at radius 2 is 1.90 bits per heavy atom. The summed E-state index contributed by atoms with van der Waals surface area (Å²) in [5.74, 6) is 0.662. The van der Waals surface area contributed by atoms with Crippen LogP contribution in [-0.2, 0) is 24.8 Å². The van der Waals surface area contributed by atoms with Crippen molar-refractivity contribution in [3.63, 3.8) is 0 Å². The molecule has 1 aromatic heterocycles. The molecule has 0 saturated carbocycles. The fraction of sp³-hybridized carbons (Fsp3) is 0.480. The Bertz CT molecular complexity index is 1540. The molecule has 222 valence electrons. The molecule has 0 amide bonds. The number of aliphatic hydroxyl groups is 1. The van der Waals surface area contributed by atoms with Gasteiger partial charge < -0.3 is 19.9 Å². The van der Waals surface area contributed by atoms with Gasteiger partial charge in [-0.2, -0.15) is 9.52 Å². The molecule has 16 heteroatoms. The van der Waals surface area contributed by atoms with Crippen molar-refractivity contribution in [2.24, 2.45) is 0 Å². The minimum absolute atomic E-state index is 0.00329. The number of H-pyrrole nitrogens is 1. The number of rotatable bonds is 11. The summed E-state index contributed by atoms with van der Waals surface area (Å²) in [6, 6.07) is 12.6. The predicted molar refractivity (Wildman–Crippen MR) is 147 cm³/mol. The number of aliphatic hydroxyl groups excluding tert-OH is 1. The smallest absolute Gasteiger partial charge is 0.243 e. The standard InChI is InChI=1S/C25H33N7O7S2/c1-26-40(34,35)22-6-3-5-21(13-22)38-17-20(33)15-27-19-14-25(39-16-19)8-10-32(11-9-25)41(36,37)23-7-2-4-18(12-23)24-28-30-31-29-24/h2-7,12-13,19-20,26-27,33H,8-11,14-17H2,1H3,(H,28,29,30,31)/t19?,20-/m0/s1. The van der Waals surface area contributed by atoms with Gasteiger partial charge in [0, 0.05) is 37.3 Å². The molecule has 1 spiro atoms. The van der Waals surface area contributed by atoms with E-state index in [0.29, 0.717) is 56.1 Å². The molecule has 3 aromatic rings. The quantitative estimate of drug-likeness (QED) is 0.232. The summed E-state index contributed by atoms with van der Waals surface area (Å²) >= 11 is 0. The van der Waals surface area contributed by atoms with Gasteiger partial charge in [-0.25, -0.2) is 21.6 Å². The fourth-order valence-corrected chi connectivity index (χ4v) is 7.34. The van der Waals surface area contributed by atoms with Crippen LogP contribution >= 0.6 is 0 Å². The largest absolute Gasteiger partial charge is 0.491 e. The molecule has 41 heavy (non-hydrogen) atoms. The van der Waals surface area contributed by atoms with Crippen LogP contribution in [0.1, 0.15) is 19.3 Å². The van der Waals surface area contributed by atoms with E-state index in [1.807, 2.05) is 0 Å². The number of tetrazole rings is 1. The molecule has 0 radical (unpaired) electrons. The van der Waals surface area contributed by atoms with Crippen molar-refractivity contribution in [3.8, 4) is 17.1 Å². The number of aromatic amines is 1. The maximum atomic E-state index is 13.3. The molecule has 4 N–H and O–H groups in total. The van der Waals surface area contributed by atoms with Crippen molar-refractivity contribution in [3.05, 3.63) is 48.5 Å². The number of benzene rings is 2. The molecule has 2 atom stereocenters. The van der Waals surface area contributed by atoms with E-state index in [9.17, 15) is 21.9 Å². The Kier molecular flexibility index (Phi) is 8.70. The average molecular weight is 608 g/mol. The zero-order valence-electron chi connectivity index (χ0n) is 22.4. The molecule has 2 fully saturated rings. The van der Waals surface area contributed by atoms with Crippen LogP contribution < -0.4 is 14.8 Å². The van der Waals surface area contributed by atoms with Crippen molar-refractivity contribution in [2.45, 2.75) is 46.8 Å². The summed E-state index contributed by atoms with van der Waals surface area (Å²) in [5.41, 5.74) is 0.140. The van der Waals surface area contributed by atoms with E-state index >= 15 is 0 Å². The number of hydrogen-bond acceptors (Lipinski definition) is 11. The Morgan fingerprint density at radius 3 is 2.63 bits per heavy atom. The molecule has 3 heterocycles. The molecule has 2 aliphatic heterocycles. The number of ether oxygens (including phenoxy) is 2. The maximum absolute atomic E-state index is 13.3. The highest BCUT2D eigenvalue weighted by Gasteiger charge is 2.44. The van der Waals surface area contributed by atoms with Gasteiger partial charge in [-0.3, -0.25) is 0 Å². The first-order valence-electron chi connectivity index (χ1n) is 13.2. The van der Waals surface area contributed by atoms with Gasteiger partial charge in [0.2, 0.25) is 25.9 Å². The van der Waals surface area contributed by atoms with Crippen molar-refractivity contribution in [2.75, 3.05) is 39.9 Å². The summed E-state index contributed by atoms with van der Waals surface area (Å²) in [7, 11) is -5.97. The van der Waals surface area contributed by atoms with Gasteiger partial charge in [0.15, 0.2) is 0 Å². The molecular weight excluding hydrogens is 574 g/mol. The fourth-order valence-electron chi connectivity index (χ4n) is 5.09. The molecule has 5 rings (SSSR count). The molecule has 2 aromatic carbocycles. The number of hydrogen-bond donors (Lipinski definition) is 4. The lowest BCUT2D eigenvalue weighted by Gasteiger charge is -2.38. The number of nitrogens with zero attached hydrogens (tertiary/aromatic N) is 4. The van der Waals surface area contributed by atoms with Crippen molar-refractivity contribution < 1.29 is 31.4 Å². The van der Waals surface area contributed by atoms with Crippen LogP contribution in [0.25, 0.3) is 11.4 Å². The summed E-state index contributed by atoms with van der Waals surface area (Å²) in [4.78, 5) is 0.254. The van der Waals surface area contributed by atoms with Gasteiger partial charge in [-0.05, 0) is 55.8 Å². The first-order chi connectivity index (χ1) is 19.6. The van der Waals surface area contributed by atoms with Crippen LogP contribution in [-0.4, -0.2) is 105 Å². The topological polar surface area (TPSA) is 189 Å². The predicted octanol–water partition coefficient (Wildman–Crippen LogP) is 0.117. The number of aromatic nitrogens is 4. The highest BCUT2D eigenvalue weighted by Crippen LogP contribution is 2.37. The number of nitrogens with one attached hydrogen (secondary N) is 3. The average Bonchev–Trinajstić information content (AvgIpc) is 3.66. The summed E-state index contributed by atoms with van der Waals surface area (Å²) in [6.07, 6.45) is 0.997. The normalized spacial score (nSPS) is 20.3. The van der Waals surface area contributed by atoms with Crippen LogP contribution in [0.3, 0.4) is 0 Å². The lowest BCUT2D eigenvalue weighted by Crippen LogP contribution is -2.47. The van der Waals surface area contributed by atoms with E-state index in [-0.39, 0.29) is 29.0 Å². The maximum Gasteiger partial charge on any atom is 0.243 e. The lowest BCUT2D eigenvalue weighted by atomic mass is 9.88. The van der Waals surface area contributed by atoms with E-state index in [1.54, 1.807) is 36.4 Å². The van der Waals surface area contributed by atoms with Gasteiger partial charge in [0.05, 0.1) is 22.0 Å². The molecular formula is C25H33N7O7S2. The van der Waals surface area contributed by atoms with Crippen molar-refractivity contribution >= 4 is 20.0 Å². The number of sulfonamides is 2. The first-order valence-corrected chi connectivity index (χ1v) is 16.1. The van der Waals surface area contributed by atoms with Crippen molar-refractivity contribution in [1.82, 2.24) is 35.0 Å². The second-order valence-electron chi connectivity index (χ2n) is 10.1. The molecule has 14 nitrogen and oxygen atoms in total. The van der Waals surface area contributed by atoms with Crippen LogP contribution in [0.4, 0.5) is 0 Å². The molecule has 1 unspecified atom stereocenters. The third kappa shape index (κ3) is 6.74. The van der Waals surface area contributed by atoms with E-state index < -0.39 is 31.8 Å². The minimum atomic E-state index is -3.71. The summed E-state index contributed by atoms with van der Waals surface area (Å²) < 4.78 is 66.1. The van der Waals surface area contributed by atoms with Gasteiger partial charge >= 0.3 is 0 Å². The zero-order valence-corrected chi connectivity index (χ0v) is 24.1. The lowest BCUT2D eigenvalue weighted by molar-refractivity contribution is -0.0312. The third-order valence-electron chi connectivity index (χ3n) is 7.39. The molecule has 2 saturated heterocycles. The van der Waals surface area contributed by atoms with E-state index in [0.717, 1.165) is 0 Å². The van der Waals surface area contributed by atoms with Crippen LogP contribution in [0, 0.1) is 0 Å². The summed E-state index contributed by atoms with van der Waals surface area (Å²) in [6.45, 7) is 1.36. The number of piperidine rings is 1. The highest BCUT2D eigenvalue weighted by molar-refractivity contribution is 7.89. The SMILES string of the molecule is CNS(=O)(=O)c1cccc(OC[C@@H](O)CNC2COC3(CCN(S(=O)(=O)c4cccc(-c5nn[nH]n5)c4)CC3)C2)c1. The van der Waals surface area contributed by atoms with Crippen molar-refractivity contribution in [1.29, 1.82) is 0 Å². The Labute approximate surface area is 238 Å². The highest BCUT2D eigenvalue weighted by atomic mass is 32.2. The van der Waals surface area contributed by atoms with Crippen LogP contribution in [0.15, 0.2) is 58.3 Å². The third-order valence-corrected chi connectivity index (χ3v) is 10.7.